The number of rotatable bonds is 0. The molecule has 6 heteroatoms. The van der Waals surface area contributed by atoms with Gasteiger partial charge in [0.15, 0.2) is 0 Å². The highest BCUT2D eigenvalue weighted by molar-refractivity contribution is 5.36. The first-order chi connectivity index (χ1) is 6.43. The van der Waals surface area contributed by atoms with Crippen molar-refractivity contribution in [2.45, 2.75) is 6.18 Å². The quantitative estimate of drug-likeness (QED) is 0.365. The Morgan fingerprint density at radius 3 is 1.93 bits per heavy atom. The topological polar surface area (TPSA) is 39.4 Å². The van der Waals surface area contributed by atoms with Gasteiger partial charge in [-0.15, -0.1) is 0 Å². The number of carbonyl (C=O) groups excluding carboxylic acids is 1. The van der Waals surface area contributed by atoms with E-state index in [0.717, 1.165) is 12.1 Å². The Labute approximate surface area is 76.7 Å². The molecule has 0 aliphatic carbocycles. The van der Waals surface area contributed by atoms with Crippen LogP contribution in [-0.4, -0.2) is 6.08 Å². The van der Waals surface area contributed by atoms with Gasteiger partial charge in [-0.05, 0) is 18.2 Å². The Balaban J connectivity index is 0.000000500. The van der Waals surface area contributed by atoms with E-state index in [2.05, 4.69) is 0 Å². The van der Waals surface area contributed by atoms with Crippen molar-refractivity contribution in [1.29, 1.82) is 0 Å². The fourth-order valence-corrected chi connectivity index (χ4v) is 0.691. The summed E-state index contributed by atoms with van der Waals surface area (Å²) in [7, 11) is 0. The molecule has 0 aromatic heterocycles. The molecule has 0 atom stereocenters. The molecule has 1 aromatic carbocycles. The monoisotopic (exact) mass is 206 g/mol. The molecular formula is C8H4F4NO-. The van der Waals surface area contributed by atoms with E-state index in [4.69, 9.17) is 10.2 Å². The summed E-state index contributed by atoms with van der Waals surface area (Å²) in [5, 5.41) is 6.76. The van der Waals surface area contributed by atoms with Gasteiger partial charge < -0.3 is 5.41 Å². The third-order valence-corrected chi connectivity index (χ3v) is 1.18. The first-order valence-corrected chi connectivity index (χ1v) is 3.26. The van der Waals surface area contributed by atoms with Crippen molar-refractivity contribution in [3.05, 3.63) is 41.1 Å². The Kier molecular flexibility index (Phi) is 4.52. The molecule has 0 saturated carbocycles. The molecule has 2 nitrogen and oxygen atoms in total. The van der Waals surface area contributed by atoms with Gasteiger partial charge >= 0.3 is 6.18 Å². The van der Waals surface area contributed by atoms with Crippen molar-refractivity contribution in [1.82, 2.24) is 0 Å². The molecule has 0 radical (unpaired) electrons. The second kappa shape index (κ2) is 5.14. The predicted octanol–water partition coefficient (Wildman–Crippen LogP) is 2.74. The second-order valence-corrected chi connectivity index (χ2v) is 2.07. The molecule has 76 valence electrons. The van der Waals surface area contributed by atoms with Crippen molar-refractivity contribution in [2.75, 3.05) is 0 Å². The van der Waals surface area contributed by atoms with Crippen molar-refractivity contribution >= 4 is 6.08 Å². The van der Waals surface area contributed by atoms with E-state index in [0.29, 0.717) is 12.1 Å². The van der Waals surface area contributed by atoms with Crippen LogP contribution in [0.5, 0.6) is 0 Å². The number of hydrogen-bond acceptors (Lipinski definition) is 1. The van der Waals surface area contributed by atoms with Crippen molar-refractivity contribution in [3.63, 3.8) is 0 Å². The second-order valence-electron chi connectivity index (χ2n) is 2.07. The lowest BCUT2D eigenvalue weighted by Gasteiger charge is -2.05. The largest absolute Gasteiger partial charge is 0.724 e. The highest BCUT2D eigenvalue weighted by atomic mass is 19.4. The standard InChI is InChI=1S/C7H4F4.CNO/c8-6-4-2-1-3-5(6)7(9,10)11;2-1-3/h1-4H;/q;-1. The fourth-order valence-electron chi connectivity index (χ4n) is 0.691. The summed E-state index contributed by atoms with van der Waals surface area (Å²) in [5.74, 6) is -1.24. The third-order valence-electron chi connectivity index (χ3n) is 1.18. The van der Waals surface area contributed by atoms with Gasteiger partial charge in [-0.3, -0.25) is 4.79 Å². The number of hydrogen-bond donors (Lipinski definition) is 0. The van der Waals surface area contributed by atoms with Crippen LogP contribution >= 0.6 is 0 Å². The third kappa shape index (κ3) is 3.82. The average molecular weight is 206 g/mol. The van der Waals surface area contributed by atoms with Crippen LogP contribution in [-0.2, 0) is 11.0 Å². The number of halogens is 4. The lowest BCUT2D eigenvalue weighted by molar-refractivity contribution is -0.140. The molecular weight excluding hydrogens is 202 g/mol. The van der Waals surface area contributed by atoms with E-state index in [1.807, 2.05) is 0 Å². The van der Waals surface area contributed by atoms with E-state index in [1.54, 1.807) is 0 Å². The summed E-state index contributed by atoms with van der Waals surface area (Å²) in [6.45, 7) is 0. The van der Waals surface area contributed by atoms with Crippen LogP contribution in [0.25, 0.3) is 5.41 Å². The van der Waals surface area contributed by atoms with Crippen LogP contribution in [0.1, 0.15) is 5.56 Å². The molecule has 0 N–H and O–H groups in total. The van der Waals surface area contributed by atoms with Gasteiger partial charge in [-0.1, -0.05) is 12.1 Å². The van der Waals surface area contributed by atoms with Crippen LogP contribution in [0, 0.1) is 5.82 Å². The van der Waals surface area contributed by atoms with Gasteiger partial charge in [-0.25, -0.2) is 4.39 Å². The zero-order valence-electron chi connectivity index (χ0n) is 6.68. The molecule has 14 heavy (non-hydrogen) atoms. The molecule has 0 bridgehead atoms. The van der Waals surface area contributed by atoms with Gasteiger partial charge in [0, 0.05) is 0 Å². The predicted molar refractivity (Wildman–Crippen MR) is 40.5 cm³/mol. The summed E-state index contributed by atoms with van der Waals surface area (Å²) < 4.78 is 47.8. The molecule has 0 heterocycles. The van der Waals surface area contributed by atoms with Gasteiger partial charge in [0.25, 0.3) is 0 Å². The molecule has 0 unspecified atom stereocenters. The van der Waals surface area contributed by atoms with E-state index in [-0.39, 0.29) is 0 Å². The normalized spacial score (nSPS) is 9.71. The minimum atomic E-state index is -4.59. The van der Waals surface area contributed by atoms with Crippen LogP contribution in [0.4, 0.5) is 17.6 Å². The fraction of sp³-hybridized carbons (Fsp3) is 0.125. The van der Waals surface area contributed by atoms with Crippen LogP contribution < -0.4 is 0 Å². The summed E-state index contributed by atoms with van der Waals surface area (Å²) in [6, 6.07) is 3.84. The zero-order chi connectivity index (χ0) is 11.2. The van der Waals surface area contributed by atoms with E-state index >= 15 is 0 Å². The Hall–Kier alpha value is -1.68. The number of alkyl halides is 3. The SMILES string of the molecule is Fc1ccccc1C(F)(F)F.[N-]=C=O. The van der Waals surface area contributed by atoms with E-state index in [1.165, 1.54) is 6.07 Å². The molecule has 0 amide bonds. The molecule has 0 spiro atoms. The van der Waals surface area contributed by atoms with Crippen LogP contribution in [0.15, 0.2) is 24.3 Å². The highest BCUT2D eigenvalue weighted by Crippen LogP contribution is 2.30. The van der Waals surface area contributed by atoms with Gasteiger partial charge in [0.1, 0.15) is 5.82 Å². The van der Waals surface area contributed by atoms with Gasteiger partial charge in [0.2, 0.25) is 0 Å². The van der Waals surface area contributed by atoms with Crippen LogP contribution in [0.2, 0.25) is 0 Å². The lowest BCUT2D eigenvalue weighted by Crippen LogP contribution is -2.07. The van der Waals surface area contributed by atoms with Crippen molar-refractivity contribution in [3.8, 4) is 0 Å². The molecule has 0 fully saturated rings. The first-order valence-electron chi connectivity index (χ1n) is 3.26. The maximum Gasteiger partial charge on any atom is 0.419 e. The highest BCUT2D eigenvalue weighted by Gasteiger charge is 2.33. The summed E-state index contributed by atoms with van der Waals surface area (Å²) in [5.41, 5.74) is -1.22. The first kappa shape index (κ1) is 12.3. The van der Waals surface area contributed by atoms with Crippen LogP contribution in [0.3, 0.4) is 0 Å². The molecule has 0 aliphatic heterocycles. The number of benzene rings is 1. The molecule has 0 saturated heterocycles. The van der Waals surface area contributed by atoms with Crippen molar-refractivity contribution in [2.24, 2.45) is 0 Å². The Bertz CT molecular complexity index is 328. The number of isocyanates is 1. The van der Waals surface area contributed by atoms with Gasteiger partial charge in [-0.2, -0.15) is 13.2 Å². The smallest absolute Gasteiger partial charge is 0.419 e. The Morgan fingerprint density at radius 2 is 1.64 bits per heavy atom. The minimum absolute atomic E-state index is 0.500. The van der Waals surface area contributed by atoms with Gasteiger partial charge in [0.05, 0.1) is 5.56 Å². The van der Waals surface area contributed by atoms with Crippen molar-refractivity contribution < 1.29 is 22.4 Å². The summed E-state index contributed by atoms with van der Waals surface area (Å²) in [6.07, 6.45) is -4.09. The zero-order valence-corrected chi connectivity index (χ0v) is 6.68. The maximum atomic E-state index is 12.4. The average Bonchev–Trinajstić information content (AvgIpc) is 2.04. The Morgan fingerprint density at radius 1 is 1.21 bits per heavy atom. The minimum Gasteiger partial charge on any atom is -0.724 e. The van der Waals surface area contributed by atoms with E-state index in [9.17, 15) is 17.6 Å². The summed E-state index contributed by atoms with van der Waals surface area (Å²) >= 11 is 0. The van der Waals surface area contributed by atoms with E-state index < -0.39 is 17.6 Å². The molecule has 1 rings (SSSR count). The molecule has 1 aromatic rings. The maximum absolute atomic E-state index is 12.4. The summed E-state index contributed by atoms with van der Waals surface area (Å²) in [4.78, 5) is 8.24. The molecule has 0 aliphatic rings. The lowest BCUT2D eigenvalue weighted by atomic mass is 10.2. The number of nitrogens with zero attached hydrogens (tertiary/aromatic N) is 1.